The van der Waals surface area contributed by atoms with Gasteiger partial charge >= 0.3 is 12.1 Å². The van der Waals surface area contributed by atoms with Crippen LogP contribution in [0.3, 0.4) is 0 Å². The maximum absolute atomic E-state index is 12.7. The van der Waals surface area contributed by atoms with Crippen molar-refractivity contribution in [3.05, 3.63) is 29.3 Å². The summed E-state index contributed by atoms with van der Waals surface area (Å²) in [6.45, 7) is 0. The average molecular weight is 273 g/mol. The molecule has 0 amide bonds. The number of aliphatic carboxylic acids is 1. The number of carboxylic acid groups (broad SMARTS) is 1. The molecule has 2 rings (SSSR count). The van der Waals surface area contributed by atoms with Gasteiger partial charge in [-0.1, -0.05) is 0 Å². The second kappa shape index (κ2) is 4.15. The van der Waals surface area contributed by atoms with E-state index in [1.54, 1.807) is 19.0 Å². The van der Waals surface area contributed by atoms with Crippen LogP contribution in [0, 0.1) is 0 Å². The number of hydrogen-bond acceptors (Lipinski definition) is 2. The number of hydrogen-bond donors (Lipinski definition) is 1. The third-order valence-electron chi connectivity index (χ3n) is 3.48. The average Bonchev–Trinajstić information content (AvgIpc) is 3.07. The van der Waals surface area contributed by atoms with Crippen LogP contribution in [0.25, 0.3) is 0 Å². The highest BCUT2D eigenvalue weighted by Crippen LogP contribution is 2.52. The summed E-state index contributed by atoms with van der Waals surface area (Å²) in [5.74, 6) is -1.06. The van der Waals surface area contributed by atoms with Crippen molar-refractivity contribution >= 4 is 11.7 Å². The second-order valence-corrected chi connectivity index (χ2v) is 5.01. The number of halogens is 3. The molecule has 1 aromatic rings. The fourth-order valence-electron chi connectivity index (χ4n) is 2.21. The van der Waals surface area contributed by atoms with Gasteiger partial charge in [0, 0.05) is 19.8 Å². The highest BCUT2D eigenvalue weighted by molar-refractivity contribution is 5.87. The topological polar surface area (TPSA) is 40.5 Å². The Labute approximate surface area is 108 Å². The van der Waals surface area contributed by atoms with Crippen LogP contribution in [-0.2, 0) is 16.4 Å². The minimum Gasteiger partial charge on any atom is -0.481 e. The van der Waals surface area contributed by atoms with E-state index in [-0.39, 0.29) is 5.56 Å². The summed E-state index contributed by atoms with van der Waals surface area (Å²) < 4.78 is 38.2. The van der Waals surface area contributed by atoms with Gasteiger partial charge in [0.2, 0.25) is 0 Å². The molecular weight excluding hydrogens is 259 g/mol. The third kappa shape index (κ3) is 2.27. The van der Waals surface area contributed by atoms with Gasteiger partial charge in [-0.25, -0.2) is 0 Å². The van der Waals surface area contributed by atoms with Crippen molar-refractivity contribution in [1.29, 1.82) is 0 Å². The lowest BCUT2D eigenvalue weighted by Gasteiger charge is -2.23. The molecule has 1 fully saturated rings. The lowest BCUT2D eigenvalue weighted by Crippen LogP contribution is -2.24. The Morgan fingerprint density at radius 1 is 1.32 bits per heavy atom. The van der Waals surface area contributed by atoms with E-state index in [0.717, 1.165) is 12.1 Å². The van der Waals surface area contributed by atoms with Crippen LogP contribution in [0.5, 0.6) is 0 Å². The van der Waals surface area contributed by atoms with E-state index in [1.807, 2.05) is 0 Å². The molecule has 1 aromatic carbocycles. The number of nitrogens with zero attached hydrogens (tertiary/aromatic N) is 1. The normalized spacial score (nSPS) is 17.1. The van der Waals surface area contributed by atoms with Crippen molar-refractivity contribution in [2.75, 3.05) is 19.0 Å². The van der Waals surface area contributed by atoms with Gasteiger partial charge < -0.3 is 10.0 Å². The van der Waals surface area contributed by atoms with Crippen molar-refractivity contribution in [2.24, 2.45) is 0 Å². The number of anilines is 1. The molecule has 0 unspecified atom stereocenters. The molecule has 1 aliphatic carbocycles. The van der Waals surface area contributed by atoms with E-state index in [2.05, 4.69) is 0 Å². The first-order chi connectivity index (χ1) is 8.68. The summed E-state index contributed by atoms with van der Waals surface area (Å²) in [6.07, 6.45) is -3.71. The molecule has 0 saturated heterocycles. The van der Waals surface area contributed by atoms with E-state index < -0.39 is 23.1 Å². The highest BCUT2D eigenvalue weighted by Gasteiger charge is 2.53. The minimum absolute atomic E-state index is 0.250. The molecule has 6 heteroatoms. The van der Waals surface area contributed by atoms with E-state index in [1.165, 1.54) is 6.07 Å². The van der Waals surface area contributed by atoms with Crippen LogP contribution in [0.15, 0.2) is 18.2 Å². The largest absolute Gasteiger partial charge is 0.481 e. The van der Waals surface area contributed by atoms with Gasteiger partial charge in [0.1, 0.15) is 0 Å². The molecule has 0 heterocycles. The molecule has 0 aliphatic heterocycles. The standard InChI is InChI=1S/C13H14F3NO2/c1-17(2)10-4-3-8(13(14,15)16)7-9(10)12(5-6-12)11(18)19/h3-4,7H,5-6H2,1-2H3,(H,18,19). The van der Waals surface area contributed by atoms with E-state index in [4.69, 9.17) is 0 Å². The zero-order chi connectivity index (χ0) is 14.4. The van der Waals surface area contributed by atoms with Gasteiger partial charge in [-0.05, 0) is 36.6 Å². The molecule has 3 nitrogen and oxygen atoms in total. The predicted molar refractivity (Wildman–Crippen MR) is 64.3 cm³/mol. The Kier molecular flexibility index (Phi) is 2.99. The fourth-order valence-corrected chi connectivity index (χ4v) is 2.21. The quantitative estimate of drug-likeness (QED) is 0.920. The minimum atomic E-state index is -4.46. The monoisotopic (exact) mass is 273 g/mol. The summed E-state index contributed by atoms with van der Waals surface area (Å²) in [5, 5.41) is 9.26. The van der Waals surface area contributed by atoms with Crippen LogP contribution >= 0.6 is 0 Å². The Morgan fingerprint density at radius 3 is 2.26 bits per heavy atom. The number of alkyl halides is 3. The molecular formula is C13H14F3NO2. The SMILES string of the molecule is CN(C)c1ccc(C(F)(F)F)cc1C1(C(=O)O)CC1. The molecule has 0 radical (unpaired) electrons. The molecule has 0 atom stereocenters. The Balaban J connectivity index is 2.59. The number of rotatable bonds is 3. The third-order valence-corrected chi connectivity index (χ3v) is 3.48. The zero-order valence-electron chi connectivity index (χ0n) is 10.6. The number of benzene rings is 1. The molecule has 1 N–H and O–H groups in total. The predicted octanol–water partition coefficient (Wildman–Crippen LogP) is 2.89. The Morgan fingerprint density at radius 2 is 1.89 bits per heavy atom. The van der Waals surface area contributed by atoms with Crippen molar-refractivity contribution in [3.63, 3.8) is 0 Å². The van der Waals surface area contributed by atoms with Gasteiger partial charge in [-0.15, -0.1) is 0 Å². The first-order valence-corrected chi connectivity index (χ1v) is 5.81. The van der Waals surface area contributed by atoms with Crippen LogP contribution in [-0.4, -0.2) is 25.2 Å². The first kappa shape index (κ1) is 13.7. The van der Waals surface area contributed by atoms with Crippen molar-refractivity contribution < 1.29 is 23.1 Å². The Hall–Kier alpha value is -1.72. The van der Waals surface area contributed by atoms with Gasteiger partial charge in [0.15, 0.2) is 0 Å². The summed E-state index contributed by atoms with van der Waals surface area (Å²) in [4.78, 5) is 13.0. The maximum atomic E-state index is 12.7. The molecule has 1 aliphatic rings. The highest BCUT2D eigenvalue weighted by atomic mass is 19.4. The molecule has 19 heavy (non-hydrogen) atoms. The first-order valence-electron chi connectivity index (χ1n) is 5.81. The lowest BCUT2D eigenvalue weighted by molar-refractivity contribution is -0.141. The van der Waals surface area contributed by atoms with Crippen molar-refractivity contribution in [3.8, 4) is 0 Å². The van der Waals surface area contributed by atoms with Gasteiger partial charge in [-0.2, -0.15) is 13.2 Å². The summed E-state index contributed by atoms with van der Waals surface area (Å²) in [7, 11) is 3.37. The molecule has 0 bridgehead atoms. The number of carbonyl (C=O) groups is 1. The van der Waals surface area contributed by atoms with Crippen LogP contribution in [0.4, 0.5) is 18.9 Å². The van der Waals surface area contributed by atoms with Gasteiger partial charge in [0.05, 0.1) is 11.0 Å². The fraction of sp³-hybridized carbons (Fsp3) is 0.462. The molecule has 0 spiro atoms. The summed E-state index contributed by atoms with van der Waals surface area (Å²) >= 11 is 0. The zero-order valence-corrected chi connectivity index (χ0v) is 10.6. The van der Waals surface area contributed by atoms with Crippen LogP contribution in [0.1, 0.15) is 24.0 Å². The Bertz CT molecular complexity index is 519. The van der Waals surface area contributed by atoms with E-state index >= 15 is 0 Å². The second-order valence-electron chi connectivity index (χ2n) is 5.01. The molecule has 104 valence electrons. The molecule has 0 aromatic heterocycles. The van der Waals surface area contributed by atoms with Crippen LogP contribution < -0.4 is 4.90 Å². The van der Waals surface area contributed by atoms with Crippen molar-refractivity contribution in [1.82, 2.24) is 0 Å². The number of carboxylic acids is 1. The molecule has 1 saturated carbocycles. The van der Waals surface area contributed by atoms with Gasteiger partial charge in [0.25, 0.3) is 0 Å². The maximum Gasteiger partial charge on any atom is 0.416 e. The smallest absolute Gasteiger partial charge is 0.416 e. The summed E-state index contributed by atoms with van der Waals surface area (Å²) in [5.41, 5.74) is -1.19. The lowest BCUT2D eigenvalue weighted by atomic mass is 9.92. The van der Waals surface area contributed by atoms with E-state index in [0.29, 0.717) is 18.5 Å². The summed E-state index contributed by atoms with van der Waals surface area (Å²) in [6, 6.07) is 3.29. The van der Waals surface area contributed by atoms with E-state index in [9.17, 15) is 23.1 Å². The van der Waals surface area contributed by atoms with Gasteiger partial charge in [-0.3, -0.25) is 4.79 Å². The van der Waals surface area contributed by atoms with Crippen LogP contribution in [0.2, 0.25) is 0 Å². The van der Waals surface area contributed by atoms with Crippen molar-refractivity contribution in [2.45, 2.75) is 24.4 Å².